The van der Waals surface area contributed by atoms with E-state index in [1.165, 1.54) is 4.90 Å². The van der Waals surface area contributed by atoms with Crippen molar-refractivity contribution in [2.75, 3.05) is 40.4 Å². The molecule has 0 aromatic rings. The predicted octanol–water partition coefficient (Wildman–Crippen LogP) is 0.561. The number of nitrogens with one attached hydrogen (secondary N) is 2. The quantitative estimate of drug-likeness (QED) is 0.530. The second-order valence-corrected chi connectivity index (χ2v) is 5.91. The van der Waals surface area contributed by atoms with Gasteiger partial charge in [0.05, 0.1) is 13.2 Å². The summed E-state index contributed by atoms with van der Waals surface area (Å²) in [5.41, 5.74) is 0. The summed E-state index contributed by atoms with van der Waals surface area (Å²) in [4.78, 5) is 17.5. The molecule has 1 saturated heterocycles. The summed E-state index contributed by atoms with van der Waals surface area (Å²) < 4.78 is 11.1. The first-order chi connectivity index (χ1) is 10.4. The molecule has 1 heterocycles. The first-order valence-corrected chi connectivity index (χ1v) is 7.89. The summed E-state index contributed by atoms with van der Waals surface area (Å²) in [6.45, 7) is 8.19. The van der Waals surface area contributed by atoms with Crippen molar-refractivity contribution >= 4 is 11.9 Å². The Bertz CT molecular complexity index is 379. The highest BCUT2D eigenvalue weighted by Gasteiger charge is 2.30. The molecule has 1 unspecified atom stereocenters. The molecule has 0 aromatic carbocycles. The Morgan fingerprint density at radius 2 is 2.00 bits per heavy atom. The summed E-state index contributed by atoms with van der Waals surface area (Å²) in [5.74, 6) is 0.0966. The van der Waals surface area contributed by atoms with Gasteiger partial charge in [-0.05, 0) is 20.3 Å². The van der Waals surface area contributed by atoms with E-state index in [0.29, 0.717) is 25.7 Å². The van der Waals surface area contributed by atoms with Crippen LogP contribution in [0.1, 0.15) is 33.6 Å². The average molecular weight is 314 g/mol. The van der Waals surface area contributed by atoms with Crippen LogP contribution in [0.15, 0.2) is 4.99 Å². The maximum Gasteiger partial charge on any atom is 0.243 e. The van der Waals surface area contributed by atoms with Gasteiger partial charge in [0.25, 0.3) is 0 Å². The van der Waals surface area contributed by atoms with Gasteiger partial charge in [0.2, 0.25) is 5.91 Å². The van der Waals surface area contributed by atoms with Crippen LogP contribution >= 0.6 is 0 Å². The Balaban J connectivity index is 2.50. The molecular formula is C15H30N4O3. The van der Waals surface area contributed by atoms with Gasteiger partial charge in [-0.15, -0.1) is 0 Å². The third kappa shape index (κ3) is 6.62. The number of hydrogen-bond donors (Lipinski definition) is 2. The van der Waals surface area contributed by atoms with Crippen LogP contribution in [0, 0.1) is 0 Å². The van der Waals surface area contributed by atoms with E-state index in [4.69, 9.17) is 9.47 Å². The lowest BCUT2D eigenvalue weighted by molar-refractivity contribution is -0.145. The average Bonchev–Trinajstić information content (AvgIpc) is 2.90. The number of rotatable bonds is 7. The maximum absolute atomic E-state index is 11.7. The highest BCUT2D eigenvalue weighted by atomic mass is 16.7. The fourth-order valence-electron chi connectivity index (χ4n) is 1.89. The van der Waals surface area contributed by atoms with E-state index >= 15 is 0 Å². The molecule has 0 bridgehead atoms. The van der Waals surface area contributed by atoms with Gasteiger partial charge in [0.1, 0.15) is 6.54 Å². The molecule has 1 aliphatic rings. The third-order valence-corrected chi connectivity index (χ3v) is 3.64. The van der Waals surface area contributed by atoms with E-state index in [9.17, 15) is 4.79 Å². The molecule has 0 spiro atoms. The van der Waals surface area contributed by atoms with Crippen molar-refractivity contribution in [2.24, 2.45) is 4.99 Å². The molecule has 1 rings (SSSR count). The molecule has 1 aliphatic heterocycles. The van der Waals surface area contributed by atoms with Crippen molar-refractivity contribution in [1.82, 2.24) is 15.5 Å². The van der Waals surface area contributed by atoms with E-state index in [1.807, 2.05) is 6.92 Å². The van der Waals surface area contributed by atoms with Gasteiger partial charge in [-0.3, -0.25) is 4.79 Å². The van der Waals surface area contributed by atoms with E-state index in [2.05, 4.69) is 29.5 Å². The molecule has 0 saturated carbocycles. The maximum atomic E-state index is 11.7. The smallest absolute Gasteiger partial charge is 0.243 e. The van der Waals surface area contributed by atoms with Crippen LogP contribution in [-0.4, -0.2) is 69.0 Å². The second-order valence-electron chi connectivity index (χ2n) is 5.91. The summed E-state index contributed by atoms with van der Waals surface area (Å²) in [6, 6.07) is 0.287. The first kappa shape index (κ1) is 18.7. The van der Waals surface area contributed by atoms with Gasteiger partial charge in [-0.1, -0.05) is 6.92 Å². The standard InChI is InChI=1S/C15H30N4O3/c1-6-12(2)18-14(17-11-13(20)19(4)5)16-8-7-15(3)21-9-10-22-15/h12H,6-11H2,1-5H3,(H2,16,17,18). The Hall–Kier alpha value is -1.34. The van der Waals surface area contributed by atoms with Crippen LogP contribution in [0.5, 0.6) is 0 Å². The van der Waals surface area contributed by atoms with Crippen LogP contribution in [0.2, 0.25) is 0 Å². The minimum atomic E-state index is -0.520. The predicted molar refractivity (Wildman–Crippen MR) is 86.8 cm³/mol. The van der Waals surface area contributed by atoms with Gasteiger partial charge in [0.15, 0.2) is 11.7 Å². The molecule has 1 amide bonds. The number of amides is 1. The van der Waals surface area contributed by atoms with Gasteiger partial charge in [-0.2, -0.15) is 0 Å². The molecule has 1 fully saturated rings. The first-order valence-electron chi connectivity index (χ1n) is 7.89. The number of ether oxygens (including phenoxy) is 2. The Morgan fingerprint density at radius 1 is 1.36 bits per heavy atom. The van der Waals surface area contributed by atoms with Crippen molar-refractivity contribution < 1.29 is 14.3 Å². The van der Waals surface area contributed by atoms with Gasteiger partial charge in [-0.25, -0.2) is 4.99 Å². The molecule has 2 N–H and O–H groups in total. The summed E-state index contributed by atoms with van der Waals surface area (Å²) in [5, 5.41) is 6.52. The third-order valence-electron chi connectivity index (χ3n) is 3.64. The fourth-order valence-corrected chi connectivity index (χ4v) is 1.89. The largest absolute Gasteiger partial charge is 0.356 e. The molecular weight excluding hydrogens is 284 g/mol. The van der Waals surface area contributed by atoms with Crippen LogP contribution in [0.25, 0.3) is 0 Å². The molecule has 128 valence electrons. The molecule has 7 nitrogen and oxygen atoms in total. The van der Waals surface area contributed by atoms with Crippen molar-refractivity contribution in [2.45, 2.75) is 45.4 Å². The van der Waals surface area contributed by atoms with E-state index < -0.39 is 5.79 Å². The monoisotopic (exact) mass is 314 g/mol. The Morgan fingerprint density at radius 3 is 2.55 bits per heavy atom. The minimum Gasteiger partial charge on any atom is -0.356 e. The highest BCUT2D eigenvalue weighted by Crippen LogP contribution is 2.21. The topological polar surface area (TPSA) is 75.2 Å². The van der Waals surface area contributed by atoms with E-state index in [-0.39, 0.29) is 18.5 Å². The zero-order valence-electron chi connectivity index (χ0n) is 14.4. The minimum absolute atomic E-state index is 0.0281. The Labute approximate surface area is 133 Å². The fraction of sp³-hybridized carbons (Fsp3) is 0.867. The lowest BCUT2D eigenvalue weighted by Gasteiger charge is -2.23. The second kappa shape index (κ2) is 8.95. The van der Waals surface area contributed by atoms with E-state index in [1.54, 1.807) is 14.1 Å². The number of aliphatic imine (C=N–C) groups is 1. The molecule has 0 radical (unpaired) electrons. The normalized spacial score (nSPS) is 18.9. The lowest BCUT2D eigenvalue weighted by atomic mass is 10.2. The highest BCUT2D eigenvalue weighted by molar-refractivity contribution is 5.84. The van der Waals surface area contributed by atoms with Crippen molar-refractivity contribution in [3.63, 3.8) is 0 Å². The summed E-state index contributed by atoms with van der Waals surface area (Å²) in [7, 11) is 3.45. The zero-order valence-corrected chi connectivity index (χ0v) is 14.4. The lowest BCUT2D eigenvalue weighted by Crippen LogP contribution is -2.44. The molecule has 0 aliphatic carbocycles. The molecule has 1 atom stereocenters. The molecule has 0 aromatic heterocycles. The van der Waals surface area contributed by atoms with Crippen LogP contribution in [-0.2, 0) is 14.3 Å². The summed E-state index contributed by atoms with van der Waals surface area (Å²) in [6.07, 6.45) is 1.70. The number of nitrogens with zero attached hydrogens (tertiary/aromatic N) is 2. The molecule has 7 heteroatoms. The van der Waals surface area contributed by atoms with Crippen molar-refractivity contribution in [3.05, 3.63) is 0 Å². The van der Waals surface area contributed by atoms with E-state index in [0.717, 1.165) is 12.8 Å². The van der Waals surface area contributed by atoms with Crippen LogP contribution < -0.4 is 10.6 Å². The van der Waals surface area contributed by atoms with Gasteiger partial charge >= 0.3 is 0 Å². The Kier molecular flexibility index (Phi) is 7.61. The SMILES string of the molecule is CCC(C)NC(=NCC(=O)N(C)C)NCCC1(C)OCCO1. The number of guanidine groups is 1. The number of likely N-dealkylation sites (N-methyl/N-ethyl adjacent to an activating group) is 1. The van der Waals surface area contributed by atoms with Crippen molar-refractivity contribution in [1.29, 1.82) is 0 Å². The van der Waals surface area contributed by atoms with Crippen LogP contribution in [0.3, 0.4) is 0 Å². The number of carbonyl (C=O) groups is 1. The number of hydrogen-bond acceptors (Lipinski definition) is 4. The van der Waals surface area contributed by atoms with Crippen LogP contribution in [0.4, 0.5) is 0 Å². The van der Waals surface area contributed by atoms with Gasteiger partial charge < -0.3 is 25.0 Å². The molecule has 22 heavy (non-hydrogen) atoms. The number of carbonyl (C=O) groups excluding carboxylic acids is 1. The summed E-state index contributed by atoms with van der Waals surface area (Å²) >= 11 is 0. The van der Waals surface area contributed by atoms with Gasteiger partial charge in [0, 0.05) is 33.1 Å². The van der Waals surface area contributed by atoms with Crippen molar-refractivity contribution in [3.8, 4) is 0 Å². The zero-order chi connectivity index (χ0) is 16.6.